The molecule has 3 heteroatoms. The summed E-state index contributed by atoms with van der Waals surface area (Å²) in [5.74, 6) is 0.190. The molecule has 0 bridgehead atoms. The first kappa shape index (κ1) is 15.5. The minimum atomic E-state index is -0.381. The predicted molar refractivity (Wildman–Crippen MR) is 91.2 cm³/mol. The molecule has 1 fully saturated rings. The van der Waals surface area contributed by atoms with Gasteiger partial charge in [-0.1, -0.05) is 44.4 Å². The Labute approximate surface area is 134 Å². The second-order valence-electron chi connectivity index (χ2n) is 7.26. The fourth-order valence-electron chi connectivity index (χ4n) is 4.45. The Morgan fingerprint density at radius 3 is 2.73 bits per heavy atom. The lowest BCUT2D eigenvalue weighted by Gasteiger charge is -2.42. The Morgan fingerprint density at radius 1 is 1.18 bits per heavy atom. The molecule has 2 aliphatic rings. The van der Waals surface area contributed by atoms with E-state index in [9.17, 15) is 4.79 Å². The number of hydrogen-bond acceptors (Lipinski definition) is 2. The summed E-state index contributed by atoms with van der Waals surface area (Å²) in [6, 6.07) is 8.22. The van der Waals surface area contributed by atoms with Gasteiger partial charge in [-0.15, -0.1) is 0 Å². The Bertz CT molecular complexity index is 566. The molecule has 1 saturated heterocycles. The lowest BCUT2D eigenvalue weighted by molar-refractivity contribution is -0.123. The van der Waals surface area contributed by atoms with Crippen LogP contribution in [0.25, 0.3) is 0 Å². The van der Waals surface area contributed by atoms with Gasteiger partial charge in [0.2, 0.25) is 5.91 Å². The Hall–Kier alpha value is -1.35. The summed E-state index contributed by atoms with van der Waals surface area (Å²) < 4.78 is 0. The Morgan fingerprint density at radius 2 is 1.95 bits per heavy atom. The van der Waals surface area contributed by atoms with Crippen LogP contribution in [-0.4, -0.2) is 29.4 Å². The number of benzene rings is 1. The summed E-state index contributed by atoms with van der Waals surface area (Å²) in [6.07, 6.45) is 6.03. The molecular formula is C19H28N2O. The van der Waals surface area contributed by atoms with Crippen LogP contribution < -0.4 is 5.32 Å². The number of carbonyl (C=O) groups excluding carboxylic acids is 1. The molecular weight excluding hydrogens is 272 g/mol. The summed E-state index contributed by atoms with van der Waals surface area (Å²) in [5, 5.41) is 3.12. The number of anilines is 1. The van der Waals surface area contributed by atoms with E-state index in [4.69, 9.17) is 0 Å². The largest absolute Gasteiger partial charge is 0.325 e. The number of unbranched alkanes of at least 4 members (excludes halogenated alkanes) is 3. The number of para-hydroxylation sites is 1. The molecule has 1 unspecified atom stereocenters. The predicted octanol–water partition coefficient (Wildman–Crippen LogP) is 3.94. The average Bonchev–Trinajstić information content (AvgIpc) is 2.93. The van der Waals surface area contributed by atoms with Gasteiger partial charge >= 0.3 is 0 Å². The zero-order valence-corrected chi connectivity index (χ0v) is 14.1. The molecule has 1 aromatic rings. The molecule has 0 radical (unpaired) electrons. The smallest absolute Gasteiger partial charge is 0.237 e. The number of amides is 1. The fourth-order valence-corrected chi connectivity index (χ4v) is 4.45. The van der Waals surface area contributed by atoms with E-state index in [1.165, 1.54) is 31.2 Å². The van der Waals surface area contributed by atoms with Gasteiger partial charge < -0.3 is 5.32 Å². The molecule has 1 aromatic carbocycles. The number of nitrogens with zero attached hydrogens (tertiary/aromatic N) is 1. The second-order valence-corrected chi connectivity index (χ2v) is 7.26. The van der Waals surface area contributed by atoms with Crippen LogP contribution in [0.1, 0.15) is 58.4 Å². The van der Waals surface area contributed by atoms with Crippen LogP contribution in [0.5, 0.6) is 0 Å². The number of fused-ring (bicyclic) bond motifs is 2. The van der Waals surface area contributed by atoms with Crippen molar-refractivity contribution in [3.63, 3.8) is 0 Å². The van der Waals surface area contributed by atoms with E-state index in [-0.39, 0.29) is 16.9 Å². The molecule has 2 heterocycles. The van der Waals surface area contributed by atoms with Gasteiger partial charge in [-0.3, -0.25) is 9.69 Å². The van der Waals surface area contributed by atoms with Gasteiger partial charge in [-0.2, -0.15) is 0 Å². The van der Waals surface area contributed by atoms with E-state index >= 15 is 0 Å². The number of rotatable bonds is 5. The van der Waals surface area contributed by atoms with Gasteiger partial charge in [0, 0.05) is 17.8 Å². The minimum absolute atomic E-state index is 0.129. The molecule has 1 atom stereocenters. The summed E-state index contributed by atoms with van der Waals surface area (Å²) in [7, 11) is 0. The molecule has 1 spiro atoms. The van der Waals surface area contributed by atoms with Crippen LogP contribution in [0.4, 0.5) is 5.69 Å². The summed E-state index contributed by atoms with van der Waals surface area (Å²) in [4.78, 5) is 15.4. The van der Waals surface area contributed by atoms with E-state index in [2.05, 4.69) is 43.1 Å². The molecule has 22 heavy (non-hydrogen) atoms. The van der Waals surface area contributed by atoms with Crippen LogP contribution in [-0.2, 0) is 10.2 Å². The molecule has 120 valence electrons. The highest BCUT2D eigenvalue weighted by molar-refractivity contribution is 6.07. The van der Waals surface area contributed by atoms with Gasteiger partial charge in [0.05, 0.1) is 5.41 Å². The van der Waals surface area contributed by atoms with E-state index in [1.54, 1.807) is 0 Å². The second kappa shape index (κ2) is 5.69. The van der Waals surface area contributed by atoms with E-state index in [1.807, 2.05) is 12.1 Å². The van der Waals surface area contributed by atoms with E-state index in [0.29, 0.717) is 0 Å². The number of likely N-dealkylation sites (tertiary alicyclic amines) is 1. The highest BCUT2D eigenvalue weighted by Gasteiger charge is 2.61. The first-order valence-corrected chi connectivity index (χ1v) is 8.70. The quantitative estimate of drug-likeness (QED) is 0.835. The first-order chi connectivity index (χ1) is 10.5. The molecule has 0 saturated carbocycles. The highest BCUT2D eigenvalue weighted by Crippen LogP contribution is 2.53. The van der Waals surface area contributed by atoms with Crippen LogP contribution in [0, 0.1) is 0 Å². The van der Waals surface area contributed by atoms with Gasteiger partial charge in [-0.25, -0.2) is 0 Å². The van der Waals surface area contributed by atoms with E-state index in [0.717, 1.165) is 25.2 Å². The van der Waals surface area contributed by atoms with Crippen molar-refractivity contribution in [2.45, 2.75) is 63.8 Å². The SMILES string of the molecule is CCCCCCN1CCC2(C(=O)Nc3ccccc32)C1(C)C. The molecule has 0 aromatic heterocycles. The molecule has 2 aliphatic heterocycles. The van der Waals surface area contributed by atoms with Crippen molar-refractivity contribution in [2.24, 2.45) is 0 Å². The fraction of sp³-hybridized carbons (Fsp3) is 0.632. The average molecular weight is 300 g/mol. The van der Waals surface area contributed by atoms with Crippen LogP contribution in [0.3, 0.4) is 0 Å². The maximum Gasteiger partial charge on any atom is 0.237 e. The minimum Gasteiger partial charge on any atom is -0.325 e. The summed E-state index contributed by atoms with van der Waals surface area (Å²) >= 11 is 0. The number of nitrogens with one attached hydrogen (secondary N) is 1. The van der Waals surface area contributed by atoms with Gasteiger partial charge in [0.15, 0.2) is 0 Å². The summed E-state index contributed by atoms with van der Waals surface area (Å²) in [5.41, 5.74) is 1.69. The monoisotopic (exact) mass is 300 g/mol. The molecule has 1 amide bonds. The normalized spacial score (nSPS) is 26.4. The molecule has 3 rings (SSSR count). The Balaban J connectivity index is 1.85. The van der Waals surface area contributed by atoms with Gasteiger partial charge in [-0.05, 0) is 44.9 Å². The third kappa shape index (κ3) is 2.10. The number of hydrogen-bond donors (Lipinski definition) is 1. The van der Waals surface area contributed by atoms with Crippen molar-refractivity contribution in [1.82, 2.24) is 4.90 Å². The lowest BCUT2D eigenvalue weighted by Crippen LogP contribution is -2.55. The highest BCUT2D eigenvalue weighted by atomic mass is 16.2. The van der Waals surface area contributed by atoms with Crippen molar-refractivity contribution < 1.29 is 4.79 Å². The van der Waals surface area contributed by atoms with Crippen molar-refractivity contribution in [3.05, 3.63) is 29.8 Å². The molecule has 1 N–H and O–H groups in total. The zero-order valence-electron chi connectivity index (χ0n) is 14.1. The molecule has 0 aliphatic carbocycles. The topological polar surface area (TPSA) is 32.3 Å². The van der Waals surface area contributed by atoms with Gasteiger partial charge in [0.1, 0.15) is 0 Å². The van der Waals surface area contributed by atoms with Crippen LogP contribution >= 0.6 is 0 Å². The third-order valence-corrected chi connectivity index (χ3v) is 5.90. The van der Waals surface area contributed by atoms with Crippen LogP contribution in [0.15, 0.2) is 24.3 Å². The van der Waals surface area contributed by atoms with Gasteiger partial charge in [0.25, 0.3) is 0 Å². The standard InChI is InChI=1S/C19H28N2O/c1-4-5-6-9-13-21-14-12-19(18(21,2)3)15-10-7-8-11-16(15)20-17(19)22/h7-8,10-11H,4-6,9,12-14H2,1-3H3,(H,20,22). The Kier molecular flexibility index (Phi) is 4.02. The van der Waals surface area contributed by atoms with Crippen molar-refractivity contribution >= 4 is 11.6 Å². The zero-order chi connectivity index (χ0) is 15.8. The first-order valence-electron chi connectivity index (χ1n) is 8.70. The molecule has 3 nitrogen and oxygen atoms in total. The number of carbonyl (C=O) groups is 1. The maximum absolute atomic E-state index is 12.9. The lowest BCUT2D eigenvalue weighted by atomic mass is 9.68. The van der Waals surface area contributed by atoms with Crippen molar-refractivity contribution in [2.75, 3.05) is 18.4 Å². The van der Waals surface area contributed by atoms with Crippen molar-refractivity contribution in [3.8, 4) is 0 Å². The van der Waals surface area contributed by atoms with E-state index < -0.39 is 0 Å². The summed E-state index contributed by atoms with van der Waals surface area (Å²) in [6.45, 7) is 8.86. The van der Waals surface area contributed by atoms with Crippen molar-refractivity contribution in [1.29, 1.82) is 0 Å². The maximum atomic E-state index is 12.9. The van der Waals surface area contributed by atoms with Crippen LogP contribution in [0.2, 0.25) is 0 Å². The third-order valence-electron chi connectivity index (χ3n) is 5.90.